The molecule has 1 saturated heterocycles. The molecule has 2 heteroatoms. The average Bonchev–Trinajstić information content (AvgIpc) is 2.29. The quantitative estimate of drug-likeness (QED) is 0.819. The summed E-state index contributed by atoms with van der Waals surface area (Å²) in [5.74, 6) is 1.89. The third kappa shape index (κ3) is 3.69. The van der Waals surface area contributed by atoms with Gasteiger partial charge in [0, 0.05) is 18.6 Å². The van der Waals surface area contributed by atoms with E-state index in [0.29, 0.717) is 12.1 Å². The van der Waals surface area contributed by atoms with Crippen molar-refractivity contribution in [1.82, 2.24) is 4.90 Å². The maximum atomic E-state index is 6.15. The van der Waals surface area contributed by atoms with Gasteiger partial charge in [-0.2, -0.15) is 0 Å². The topological polar surface area (TPSA) is 29.3 Å². The van der Waals surface area contributed by atoms with Gasteiger partial charge in [-0.05, 0) is 51.0 Å². The van der Waals surface area contributed by atoms with Gasteiger partial charge in [0.2, 0.25) is 0 Å². The van der Waals surface area contributed by atoms with Crippen LogP contribution in [0.15, 0.2) is 0 Å². The molecular formula is C15H30N2. The SMILES string of the molecule is CC1CCCC(CN2CCCCC2C(C)N)C1. The van der Waals surface area contributed by atoms with Crippen molar-refractivity contribution in [1.29, 1.82) is 0 Å². The van der Waals surface area contributed by atoms with E-state index >= 15 is 0 Å². The van der Waals surface area contributed by atoms with Crippen LogP contribution in [0.5, 0.6) is 0 Å². The number of hydrogen-bond donors (Lipinski definition) is 1. The molecule has 17 heavy (non-hydrogen) atoms. The zero-order valence-electron chi connectivity index (χ0n) is 11.7. The van der Waals surface area contributed by atoms with Gasteiger partial charge >= 0.3 is 0 Å². The van der Waals surface area contributed by atoms with Crippen molar-refractivity contribution in [2.45, 2.75) is 70.9 Å². The van der Waals surface area contributed by atoms with Crippen LogP contribution in [0.25, 0.3) is 0 Å². The van der Waals surface area contributed by atoms with Crippen LogP contribution < -0.4 is 5.73 Å². The van der Waals surface area contributed by atoms with E-state index in [2.05, 4.69) is 18.7 Å². The van der Waals surface area contributed by atoms with E-state index in [1.165, 1.54) is 58.0 Å². The Kier molecular flexibility index (Phi) is 4.87. The highest BCUT2D eigenvalue weighted by Crippen LogP contribution is 2.31. The Morgan fingerprint density at radius 1 is 1.18 bits per heavy atom. The molecule has 2 rings (SSSR count). The van der Waals surface area contributed by atoms with Crippen molar-refractivity contribution in [2.24, 2.45) is 17.6 Å². The number of nitrogens with zero attached hydrogens (tertiary/aromatic N) is 1. The summed E-state index contributed by atoms with van der Waals surface area (Å²) in [7, 11) is 0. The van der Waals surface area contributed by atoms with Crippen molar-refractivity contribution in [3.05, 3.63) is 0 Å². The molecule has 0 bridgehead atoms. The molecule has 1 aliphatic heterocycles. The Morgan fingerprint density at radius 3 is 2.71 bits per heavy atom. The number of piperidine rings is 1. The first-order valence-electron chi connectivity index (χ1n) is 7.66. The van der Waals surface area contributed by atoms with Gasteiger partial charge in [0.15, 0.2) is 0 Å². The second-order valence-corrected chi connectivity index (χ2v) is 6.55. The van der Waals surface area contributed by atoms with Crippen LogP contribution in [0.1, 0.15) is 58.8 Å². The molecular weight excluding hydrogens is 208 g/mol. The summed E-state index contributed by atoms with van der Waals surface area (Å²) in [5.41, 5.74) is 6.15. The smallest absolute Gasteiger partial charge is 0.0244 e. The Hall–Kier alpha value is -0.0800. The lowest BCUT2D eigenvalue weighted by molar-refractivity contribution is 0.0930. The molecule has 4 atom stereocenters. The Balaban J connectivity index is 1.86. The van der Waals surface area contributed by atoms with Crippen molar-refractivity contribution in [3.63, 3.8) is 0 Å². The van der Waals surface area contributed by atoms with E-state index in [9.17, 15) is 0 Å². The van der Waals surface area contributed by atoms with Crippen molar-refractivity contribution < 1.29 is 0 Å². The third-order valence-corrected chi connectivity index (χ3v) is 4.81. The van der Waals surface area contributed by atoms with E-state index < -0.39 is 0 Å². The molecule has 0 radical (unpaired) electrons. The number of hydrogen-bond acceptors (Lipinski definition) is 2. The van der Waals surface area contributed by atoms with Crippen LogP contribution in [-0.4, -0.2) is 30.1 Å². The summed E-state index contributed by atoms with van der Waals surface area (Å²) in [4.78, 5) is 2.71. The van der Waals surface area contributed by atoms with Gasteiger partial charge in [-0.15, -0.1) is 0 Å². The van der Waals surface area contributed by atoms with Crippen LogP contribution >= 0.6 is 0 Å². The standard InChI is InChI=1S/C15H30N2/c1-12-6-5-7-14(10-12)11-17-9-4-3-8-15(17)13(2)16/h12-15H,3-11,16H2,1-2H3. The third-order valence-electron chi connectivity index (χ3n) is 4.81. The lowest BCUT2D eigenvalue weighted by Crippen LogP contribution is -2.50. The Bertz CT molecular complexity index is 227. The summed E-state index contributed by atoms with van der Waals surface area (Å²) in [6, 6.07) is 0.997. The second-order valence-electron chi connectivity index (χ2n) is 6.55. The van der Waals surface area contributed by atoms with Gasteiger partial charge in [-0.1, -0.05) is 26.2 Å². The monoisotopic (exact) mass is 238 g/mol. The van der Waals surface area contributed by atoms with Gasteiger partial charge in [-0.25, -0.2) is 0 Å². The molecule has 1 heterocycles. The van der Waals surface area contributed by atoms with Gasteiger partial charge in [0.1, 0.15) is 0 Å². The molecule has 0 aromatic heterocycles. The van der Waals surface area contributed by atoms with Crippen LogP contribution in [0.3, 0.4) is 0 Å². The maximum absolute atomic E-state index is 6.15. The minimum Gasteiger partial charge on any atom is -0.327 e. The number of nitrogens with two attached hydrogens (primary N) is 1. The van der Waals surface area contributed by atoms with Crippen molar-refractivity contribution in [2.75, 3.05) is 13.1 Å². The fourth-order valence-electron chi connectivity index (χ4n) is 3.90. The van der Waals surface area contributed by atoms with E-state index in [1.54, 1.807) is 0 Å². The minimum absolute atomic E-state index is 0.344. The Labute approximate surface area is 107 Å². The van der Waals surface area contributed by atoms with Gasteiger partial charge in [-0.3, -0.25) is 4.90 Å². The molecule has 1 saturated carbocycles. The number of likely N-dealkylation sites (tertiary alicyclic amines) is 1. The van der Waals surface area contributed by atoms with Gasteiger partial charge in [0.25, 0.3) is 0 Å². The summed E-state index contributed by atoms with van der Waals surface area (Å²) in [6.45, 7) is 7.21. The van der Waals surface area contributed by atoms with Gasteiger partial charge < -0.3 is 5.73 Å². The highest BCUT2D eigenvalue weighted by molar-refractivity contribution is 4.85. The van der Waals surface area contributed by atoms with Crippen molar-refractivity contribution >= 4 is 0 Å². The van der Waals surface area contributed by atoms with E-state index in [-0.39, 0.29) is 0 Å². The molecule has 2 fully saturated rings. The highest BCUT2D eigenvalue weighted by Gasteiger charge is 2.28. The zero-order valence-corrected chi connectivity index (χ0v) is 11.7. The fourth-order valence-corrected chi connectivity index (χ4v) is 3.90. The van der Waals surface area contributed by atoms with E-state index in [1.807, 2.05) is 0 Å². The molecule has 0 spiro atoms. The Morgan fingerprint density at radius 2 is 2.00 bits per heavy atom. The molecule has 0 aromatic carbocycles. The summed E-state index contributed by atoms with van der Waals surface area (Å²) < 4.78 is 0. The summed E-state index contributed by atoms with van der Waals surface area (Å²) in [5, 5.41) is 0. The molecule has 0 amide bonds. The molecule has 2 N–H and O–H groups in total. The van der Waals surface area contributed by atoms with Crippen LogP contribution in [0, 0.1) is 11.8 Å². The average molecular weight is 238 g/mol. The van der Waals surface area contributed by atoms with Crippen molar-refractivity contribution in [3.8, 4) is 0 Å². The zero-order chi connectivity index (χ0) is 12.3. The lowest BCUT2D eigenvalue weighted by Gasteiger charge is -2.41. The summed E-state index contributed by atoms with van der Waals surface area (Å²) in [6.07, 6.45) is 9.87. The molecule has 1 aliphatic carbocycles. The molecule has 2 nitrogen and oxygen atoms in total. The second kappa shape index (κ2) is 6.19. The first-order chi connectivity index (χ1) is 8.16. The maximum Gasteiger partial charge on any atom is 0.0244 e. The molecule has 2 aliphatic rings. The van der Waals surface area contributed by atoms with Gasteiger partial charge in [0.05, 0.1) is 0 Å². The highest BCUT2D eigenvalue weighted by atomic mass is 15.2. The normalized spacial score (nSPS) is 37.9. The molecule has 0 aromatic rings. The minimum atomic E-state index is 0.344. The van der Waals surface area contributed by atoms with Crippen LogP contribution in [-0.2, 0) is 0 Å². The molecule has 100 valence electrons. The number of rotatable bonds is 3. The van der Waals surface area contributed by atoms with E-state index in [4.69, 9.17) is 5.73 Å². The van der Waals surface area contributed by atoms with E-state index in [0.717, 1.165) is 11.8 Å². The summed E-state index contributed by atoms with van der Waals surface area (Å²) >= 11 is 0. The van der Waals surface area contributed by atoms with Crippen LogP contribution in [0.4, 0.5) is 0 Å². The predicted molar refractivity (Wildman–Crippen MR) is 74.0 cm³/mol. The largest absolute Gasteiger partial charge is 0.327 e. The predicted octanol–water partition coefficient (Wildman–Crippen LogP) is 3.01. The fraction of sp³-hybridized carbons (Fsp3) is 1.00. The first-order valence-corrected chi connectivity index (χ1v) is 7.66. The first kappa shape index (κ1) is 13.4. The van der Waals surface area contributed by atoms with Crippen LogP contribution in [0.2, 0.25) is 0 Å². The lowest BCUT2D eigenvalue weighted by atomic mass is 9.81. The molecule has 4 unspecified atom stereocenters.